The normalized spacial score (nSPS) is 27.9. The van der Waals surface area contributed by atoms with Crippen molar-refractivity contribution in [1.82, 2.24) is 5.43 Å². The molecule has 0 spiro atoms. The van der Waals surface area contributed by atoms with Crippen molar-refractivity contribution in [3.63, 3.8) is 0 Å². The van der Waals surface area contributed by atoms with Crippen LogP contribution in [-0.4, -0.2) is 6.04 Å². The molecule has 0 saturated heterocycles. The van der Waals surface area contributed by atoms with Gasteiger partial charge in [0, 0.05) is 6.04 Å². The van der Waals surface area contributed by atoms with Crippen molar-refractivity contribution in [2.45, 2.75) is 64.3 Å². The molecule has 0 bridgehead atoms. The molecular weight excluding hydrogens is 172 g/mol. The van der Waals surface area contributed by atoms with E-state index in [0.717, 1.165) is 5.92 Å². The lowest BCUT2D eigenvalue weighted by molar-refractivity contribution is 0.206. The summed E-state index contributed by atoms with van der Waals surface area (Å²) < 4.78 is 0. The molecule has 2 heteroatoms. The van der Waals surface area contributed by atoms with E-state index in [4.69, 9.17) is 5.84 Å². The Balaban J connectivity index is 1.82. The van der Waals surface area contributed by atoms with Gasteiger partial charge in [0.25, 0.3) is 0 Å². The first-order chi connectivity index (χ1) is 6.74. The zero-order chi connectivity index (χ0) is 10.0. The third kappa shape index (κ3) is 2.29. The molecule has 0 radical (unpaired) electrons. The molecule has 2 fully saturated rings. The van der Waals surface area contributed by atoms with Crippen LogP contribution in [0.15, 0.2) is 0 Å². The Morgan fingerprint density at radius 1 is 1.36 bits per heavy atom. The number of hydrogen-bond donors (Lipinski definition) is 2. The fraction of sp³-hybridized carbons (Fsp3) is 1.00. The summed E-state index contributed by atoms with van der Waals surface area (Å²) in [6, 6.07) is 0.561. The second-order valence-electron chi connectivity index (χ2n) is 5.60. The molecule has 0 amide bonds. The summed E-state index contributed by atoms with van der Waals surface area (Å²) in [6.45, 7) is 2.41. The highest BCUT2D eigenvalue weighted by Gasteiger charge is 2.37. The van der Waals surface area contributed by atoms with Crippen molar-refractivity contribution >= 4 is 0 Å². The molecule has 0 aromatic rings. The second kappa shape index (κ2) is 4.19. The summed E-state index contributed by atoms with van der Waals surface area (Å²) in [5, 5.41) is 0. The first kappa shape index (κ1) is 10.4. The van der Waals surface area contributed by atoms with E-state index >= 15 is 0 Å². The van der Waals surface area contributed by atoms with Crippen LogP contribution >= 0.6 is 0 Å². The van der Waals surface area contributed by atoms with E-state index in [2.05, 4.69) is 12.3 Å². The van der Waals surface area contributed by atoms with Crippen molar-refractivity contribution < 1.29 is 0 Å². The Bertz CT molecular complexity index is 181. The largest absolute Gasteiger partial charge is 0.271 e. The van der Waals surface area contributed by atoms with Gasteiger partial charge in [-0.25, -0.2) is 0 Å². The summed E-state index contributed by atoms with van der Waals surface area (Å²) >= 11 is 0. The van der Waals surface area contributed by atoms with Gasteiger partial charge in [0.15, 0.2) is 0 Å². The van der Waals surface area contributed by atoms with Gasteiger partial charge in [-0.1, -0.05) is 32.6 Å². The van der Waals surface area contributed by atoms with E-state index in [1.807, 2.05) is 0 Å². The van der Waals surface area contributed by atoms with Gasteiger partial charge in [-0.15, -0.1) is 0 Å². The van der Waals surface area contributed by atoms with Crippen LogP contribution in [0.3, 0.4) is 0 Å². The Hall–Kier alpha value is -0.0800. The van der Waals surface area contributed by atoms with Crippen molar-refractivity contribution in [3.8, 4) is 0 Å². The molecule has 2 aliphatic carbocycles. The number of rotatable bonds is 5. The third-order valence-corrected chi connectivity index (χ3v) is 4.35. The molecule has 0 aromatic heterocycles. The minimum Gasteiger partial charge on any atom is -0.271 e. The molecule has 1 atom stereocenters. The van der Waals surface area contributed by atoms with Crippen LogP contribution in [0.4, 0.5) is 0 Å². The van der Waals surface area contributed by atoms with Gasteiger partial charge in [0.2, 0.25) is 0 Å². The first-order valence-corrected chi connectivity index (χ1v) is 6.21. The van der Waals surface area contributed by atoms with E-state index in [-0.39, 0.29) is 0 Å². The standard InChI is InChI=1S/C12H24N2/c1-12(8-2-3-9-12)11(14-13)7-6-10-4-5-10/h10-11,14H,2-9,13H2,1H3. The zero-order valence-electron chi connectivity index (χ0n) is 9.39. The molecule has 2 nitrogen and oxygen atoms in total. The zero-order valence-corrected chi connectivity index (χ0v) is 9.39. The Kier molecular flexibility index (Phi) is 3.13. The van der Waals surface area contributed by atoms with Crippen LogP contribution < -0.4 is 11.3 Å². The number of hydrogen-bond acceptors (Lipinski definition) is 2. The Morgan fingerprint density at radius 3 is 2.50 bits per heavy atom. The van der Waals surface area contributed by atoms with Crippen LogP contribution in [-0.2, 0) is 0 Å². The number of hydrazine groups is 1. The van der Waals surface area contributed by atoms with Gasteiger partial charge < -0.3 is 0 Å². The third-order valence-electron chi connectivity index (χ3n) is 4.35. The van der Waals surface area contributed by atoms with Crippen LogP contribution in [0, 0.1) is 11.3 Å². The molecule has 82 valence electrons. The second-order valence-corrected chi connectivity index (χ2v) is 5.60. The molecular formula is C12H24N2. The van der Waals surface area contributed by atoms with Gasteiger partial charge >= 0.3 is 0 Å². The summed E-state index contributed by atoms with van der Waals surface area (Å²) in [6.07, 6.45) is 11.2. The molecule has 2 aliphatic rings. The van der Waals surface area contributed by atoms with Crippen LogP contribution in [0.25, 0.3) is 0 Å². The predicted octanol–water partition coefficient (Wildman–Crippen LogP) is 2.59. The number of nitrogens with two attached hydrogens (primary N) is 1. The van der Waals surface area contributed by atoms with Gasteiger partial charge in [0.1, 0.15) is 0 Å². The van der Waals surface area contributed by atoms with Crippen LogP contribution in [0.1, 0.15) is 58.3 Å². The monoisotopic (exact) mass is 196 g/mol. The predicted molar refractivity (Wildman–Crippen MR) is 59.6 cm³/mol. The van der Waals surface area contributed by atoms with Gasteiger partial charge in [0.05, 0.1) is 0 Å². The maximum Gasteiger partial charge on any atom is 0.0264 e. The average Bonchev–Trinajstić information content (AvgIpc) is 2.89. The minimum atomic E-state index is 0.490. The lowest BCUT2D eigenvalue weighted by atomic mass is 9.78. The van der Waals surface area contributed by atoms with Gasteiger partial charge in [-0.05, 0) is 37.0 Å². The van der Waals surface area contributed by atoms with Gasteiger partial charge in [-0.2, -0.15) is 0 Å². The minimum absolute atomic E-state index is 0.490. The first-order valence-electron chi connectivity index (χ1n) is 6.21. The van der Waals surface area contributed by atoms with E-state index < -0.39 is 0 Å². The summed E-state index contributed by atoms with van der Waals surface area (Å²) in [5.41, 5.74) is 3.56. The van der Waals surface area contributed by atoms with Crippen molar-refractivity contribution in [1.29, 1.82) is 0 Å². The SMILES string of the molecule is CC1(C(CCC2CC2)NN)CCCC1. The topological polar surface area (TPSA) is 38.0 Å². The van der Waals surface area contributed by atoms with E-state index in [9.17, 15) is 0 Å². The molecule has 0 aliphatic heterocycles. The van der Waals surface area contributed by atoms with Crippen molar-refractivity contribution in [2.75, 3.05) is 0 Å². The van der Waals surface area contributed by atoms with Crippen molar-refractivity contribution in [2.24, 2.45) is 17.2 Å². The summed E-state index contributed by atoms with van der Waals surface area (Å²) in [5.74, 6) is 6.73. The molecule has 2 saturated carbocycles. The average molecular weight is 196 g/mol. The van der Waals surface area contributed by atoms with Crippen molar-refractivity contribution in [3.05, 3.63) is 0 Å². The maximum atomic E-state index is 5.69. The highest BCUT2D eigenvalue weighted by Crippen LogP contribution is 2.43. The Morgan fingerprint density at radius 2 is 2.00 bits per heavy atom. The highest BCUT2D eigenvalue weighted by atomic mass is 15.2. The quantitative estimate of drug-likeness (QED) is 0.524. The molecule has 3 N–H and O–H groups in total. The smallest absolute Gasteiger partial charge is 0.0264 e. The molecule has 14 heavy (non-hydrogen) atoms. The molecule has 0 heterocycles. The fourth-order valence-corrected chi connectivity index (χ4v) is 2.97. The number of nitrogens with one attached hydrogen (secondary N) is 1. The van der Waals surface area contributed by atoms with Gasteiger partial charge in [-0.3, -0.25) is 11.3 Å². The lowest BCUT2D eigenvalue weighted by Crippen LogP contribution is -2.45. The van der Waals surface area contributed by atoms with E-state index in [0.29, 0.717) is 11.5 Å². The van der Waals surface area contributed by atoms with Crippen LogP contribution in [0.2, 0.25) is 0 Å². The Labute approximate surface area is 87.6 Å². The molecule has 2 rings (SSSR count). The summed E-state index contributed by atoms with van der Waals surface area (Å²) in [7, 11) is 0. The molecule has 1 unspecified atom stereocenters. The fourth-order valence-electron chi connectivity index (χ4n) is 2.97. The highest BCUT2D eigenvalue weighted by molar-refractivity contribution is 4.91. The summed E-state index contributed by atoms with van der Waals surface area (Å²) in [4.78, 5) is 0. The lowest BCUT2D eigenvalue weighted by Gasteiger charge is -2.33. The van der Waals surface area contributed by atoms with E-state index in [1.165, 1.54) is 51.4 Å². The maximum absolute atomic E-state index is 5.69. The molecule has 0 aromatic carbocycles. The van der Waals surface area contributed by atoms with Crippen LogP contribution in [0.5, 0.6) is 0 Å². The van der Waals surface area contributed by atoms with E-state index in [1.54, 1.807) is 0 Å².